The van der Waals surface area contributed by atoms with Crippen LogP contribution in [0.4, 0.5) is 0 Å². The average Bonchev–Trinajstić information content (AvgIpc) is 3.10. The Balaban J connectivity index is 1.58. The third-order valence-electron chi connectivity index (χ3n) is 6.77. The number of likely N-dealkylation sites (tertiary alicyclic amines) is 1. The molecule has 30 heavy (non-hydrogen) atoms. The van der Waals surface area contributed by atoms with Gasteiger partial charge in [-0.05, 0) is 50.3 Å². The zero-order chi connectivity index (χ0) is 22.1. The van der Waals surface area contributed by atoms with Crippen LogP contribution in [0, 0.1) is 11.3 Å². The maximum atomic E-state index is 12.9. The quantitative estimate of drug-likeness (QED) is 0.662. The van der Waals surface area contributed by atoms with Crippen LogP contribution in [0.5, 0.6) is 0 Å². The number of aliphatic hydroxyl groups excluding tert-OH is 1. The van der Waals surface area contributed by atoms with Crippen molar-refractivity contribution in [3.8, 4) is 0 Å². The number of aliphatic hydroxyl groups is 2. The molecule has 0 aromatic heterocycles. The number of carbonyl (C=O) groups is 2. The van der Waals surface area contributed by atoms with E-state index in [2.05, 4.69) is 5.32 Å². The van der Waals surface area contributed by atoms with Gasteiger partial charge >= 0.3 is 0 Å². The summed E-state index contributed by atoms with van der Waals surface area (Å²) in [6, 6.07) is 6.97. The molecule has 166 valence electrons. The first-order valence-electron chi connectivity index (χ1n) is 10.8. The number of benzene rings is 1. The van der Waals surface area contributed by atoms with Crippen molar-refractivity contribution in [1.29, 1.82) is 0 Å². The standard InChI is InChI=1S/C23H33ClN2O4/c1-15(25-21(29)16-4-9-19(27)13-16)12-20(28)26-11-10-23(30,22(2,3)14-26)17-5-7-18(24)8-6-17/h5-8,15-16,19,27,30H,4,9-14H2,1-3H3,(H,25,29)/t15-,16-,19-,23+/m1/s1. The summed E-state index contributed by atoms with van der Waals surface area (Å²) in [7, 11) is 0. The van der Waals surface area contributed by atoms with E-state index in [4.69, 9.17) is 11.6 Å². The van der Waals surface area contributed by atoms with Crippen LogP contribution in [0.3, 0.4) is 0 Å². The summed E-state index contributed by atoms with van der Waals surface area (Å²) in [5.74, 6) is -0.274. The second-order valence-electron chi connectivity index (χ2n) is 9.59. The molecule has 0 radical (unpaired) electrons. The maximum Gasteiger partial charge on any atom is 0.224 e. The molecule has 7 heteroatoms. The van der Waals surface area contributed by atoms with Crippen LogP contribution in [0.1, 0.15) is 58.4 Å². The molecule has 1 aromatic carbocycles. The molecule has 1 aliphatic carbocycles. The zero-order valence-corrected chi connectivity index (χ0v) is 18.8. The Kier molecular flexibility index (Phi) is 6.80. The van der Waals surface area contributed by atoms with Crippen molar-refractivity contribution in [1.82, 2.24) is 10.2 Å². The van der Waals surface area contributed by atoms with Gasteiger partial charge in [-0.2, -0.15) is 0 Å². The van der Waals surface area contributed by atoms with Crippen molar-refractivity contribution >= 4 is 23.4 Å². The predicted molar refractivity (Wildman–Crippen MR) is 116 cm³/mol. The van der Waals surface area contributed by atoms with Gasteiger partial charge in [0.25, 0.3) is 0 Å². The highest BCUT2D eigenvalue weighted by Gasteiger charge is 2.49. The molecule has 1 heterocycles. The number of amides is 2. The number of halogens is 1. The van der Waals surface area contributed by atoms with Gasteiger partial charge in [-0.1, -0.05) is 37.6 Å². The fourth-order valence-corrected chi connectivity index (χ4v) is 4.92. The van der Waals surface area contributed by atoms with Crippen LogP contribution in [0.15, 0.2) is 24.3 Å². The van der Waals surface area contributed by atoms with Crippen LogP contribution in [0.2, 0.25) is 5.02 Å². The zero-order valence-electron chi connectivity index (χ0n) is 18.0. The average molecular weight is 437 g/mol. The van der Waals surface area contributed by atoms with E-state index in [1.165, 1.54) is 0 Å². The van der Waals surface area contributed by atoms with Gasteiger partial charge in [0.2, 0.25) is 11.8 Å². The molecule has 3 rings (SSSR count). The summed E-state index contributed by atoms with van der Waals surface area (Å²) in [5.41, 5.74) is -0.776. The van der Waals surface area contributed by atoms with Crippen molar-refractivity contribution < 1.29 is 19.8 Å². The van der Waals surface area contributed by atoms with Crippen molar-refractivity contribution in [3.63, 3.8) is 0 Å². The fraction of sp³-hybridized carbons (Fsp3) is 0.652. The molecule has 2 fully saturated rings. The molecule has 0 unspecified atom stereocenters. The second kappa shape index (κ2) is 8.85. The molecule has 2 aliphatic rings. The largest absolute Gasteiger partial charge is 0.393 e. The van der Waals surface area contributed by atoms with E-state index >= 15 is 0 Å². The lowest BCUT2D eigenvalue weighted by molar-refractivity contribution is -0.153. The molecule has 1 saturated carbocycles. The van der Waals surface area contributed by atoms with Crippen LogP contribution >= 0.6 is 11.6 Å². The van der Waals surface area contributed by atoms with Crippen molar-refractivity contribution in [3.05, 3.63) is 34.9 Å². The molecule has 0 bridgehead atoms. The van der Waals surface area contributed by atoms with E-state index in [1.807, 2.05) is 32.9 Å². The molecule has 4 atom stereocenters. The molecule has 1 aromatic rings. The summed E-state index contributed by atoms with van der Waals surface area (Å²) in [5, 5.41) is 24.6. The Morgan fingerprint density at radius 1 is 1.27 bits per heavy atom. The Labute approximate surface area is 183 Å². The number of carbonyl (C=O) groups excluding carboxylic acids is 2. The van der Waals surface area contributed by atoms with Gasteiger partial charge in [0.15, 0.2) is 0 Å². The lowest BCUT2D eigenvalue weighted by Gasteiger charge is -2.50. The summed E-state index contributed by atoms with van der Waals surface area (Å²) >= 11 is 5.99. The number of hydrogen-bond donors (Lipinski definition) is 3. The number of hydrogen-bond acceptors (Lipinski definition) is 4. The number of rotatable bonds is 5. The first-order valence-corrected chi connectivity index (χ1v) is 11.1. The summed E-state index contributed by atoms with van der Waals surface area (Å²) in [6.07, 6.45) is 2.11. The van der Waals surface area contributed by atoms with E-state index in [0.29, 0.717) is 43.8 Å². The SMILES string of the molecule is C[C@H](CC(=O)N1CC[C@](O)(c2ccc(Cl)cc2)C(C)(C)C1)NC(=O)[C@@H]1CC[C@@H](O)C1. The predicted octanol–water partition coefficient (Wildman–Crippen LogP) is 2.84. The monoisotopic (exact) mass is 436 g/mol. The van der Waals surface area contributed by atoms with E-state index < -0.39 is 17.1 Å². The van der Waals surface area contributed by atoms with Gasteiger partial charge in [-0.15, -0.1) is 0 Å². The highest BCUT2D eigenvalue weighted by Crippen LogP contribution is 2.46. The highest BCUT2D eigenvalue weighted by atomic mass is 35.5. The van der Waals surface area contributed by atoms with E-state index in [1.54, 1.807) is 17.0 Å². The van der Waals surface area contributed by atoms with Crippen LogP contribution in [-0.2, 0) is 15.2 Å². The molecular weight excluding hydrogens is 404 g/mol. The molecule has 2 amide bonds. The summed E-state index contributed by atoms with van der Waals surface area (Å²) < 4.78 is 0. The lowest BCUT2D eigenvalue weighted by atomic mass is 9.66. The lowest BCUT2D eigenvalue weighted by Crippen LogP contribution is -2.57. The molecule has 1 aliphatic heterocycles. The summed E-state index contributed by atoms with van der Waals surface area (Å²) in [4.78, 5) is 27.0. The molecule has 3 N–H and O–H groups in total. The van der Waals surface area contributed by atoms with Gasteiger partial charge in [-0.25, -0.2) is 0 Å². The van der Waals surface area contributed by atoms with E-state index in [9.17, 15) is 19.8 Å². The Bertz CT molecular complexity index is 782. The minimum Gasteiger partial charge on any atom is -0.393 e. The van der Waals surface area contributed by atoms with Gasteiger partial charge < -0.3 is 20.4 Å². The summed E-state index contributed by atoms with van der Waals surface area (Å²) in [6.45, 7) is 6.66. The molecule has 0 spiro atoms. The van der Waals surface area contributed by atoms with Crippen molar-refractivity contribution in [2.45, 2.75) is 70.6 Å². The van der Waals surface area contributed by atoms with Gasteiger partial charge in [0, 0.05) is 41.9 Å². The number of nitrogens with one attached hydrogen (secondary N) is 1. The van der Waals surface area contributed by atoms with Crippen LogP contribution in [-0.4, -0.2) is 52.2 Å². The third kappa shape index (κ3) is 4.82. The minimum atomic E-state index is -1.04. The van der Waals surface area contributed by atoms with Gasteiger partial charge in [-0.3, -0.25) is 9.59 Å². The Morgan fingerprint density at radius 3 is 2.50 bits per heavy atom. The molecule has 6 nitrogen and oxygen atoms in total. The smallest absolute Gasteiger partial charge is 0.224 e. The van der Waals surface area contributed by atoms with Gasteiger partial charge in [0.05, 0.1) is 11.7 Å². The fourth-order valence-electron chi connectivity index (χ4n) is 4.79. The first kappa shape index (κ1) is 23.0. The van der Waals surface area contributed by atoms with Gasteiger partial charge in [0.1, 0.15) is 0 Å². The number of piperidine rings is 1. The molecule has 1 saturated heterocycles. The first-order chi connectivity index (χ1) is 14.0. The highest BCUT2D eigenvalue weighted by molar-refractivity contribution is 6.30. The normalized spacial score (nSPS) is 29.5. The maximum absolute atomic E-state index is 12.9. The van der Waals surface area contributed by atoms with Crippen LogP contribution in [0.25, 0.3) is 0 Å². The minimum absolute atomic E-state index is 0.0273. The van der Waals surface area contributed by atoms with E-state index in [0.717, 1.165) is 5.56 Å². The van der Waals surface area contributed by atoms with Crippen molar-refractivity contribution in [2.24, 2.45) is 11.3 Å². The second-order valence-corrected chi connectivity index (χ2v) is 10.0. The molecular formula is C23H33ClN2O4. The van der Waals surface area contributed by atoms with Crippen molar-refractivity contribution in [2.75, 3.05) is 13.1 Å². The topological polar surface area (TPSA) is 89.9 Å². The van der Waals surface area contributed by atoms with E-state index in [-0.39, 0.29) is 30.2 Å². The Hall–Kier alpha value is -1.63. The Morgan fingerprint density at radius 2 is 1.93 bits per heavy atom. The third-order valence-corrected chi connectivity index (χ3v) is 7.02. The number of nitrogens with zero attached hydrogens (tertiary/aromatic N) is 1. The van der Waals surface area contributed by atoms with Crippen LogP contribution < -0.4 is 5.32 Å².